The number of piperazine rings is 1. The number of rotatable bonds is 7. The van der Waals surface area contributed by atoms with Gasteiger partial charge in [-0.05, 0) is 24.7 Å². The number of halogens is 2. The molecule has 10 nitrogen and oxygen atoms in total. The van der Waals surface area contributed by atoms with Crippen LogP contribution in [0.1, 0.15) is 5.56 Å². The molecule has 2 aromatic heterocycles. The maximum Gasteiger partial charge on any atom is 0.282 e. The molecule has 1 aliphatic heterocycles. The third-order valence-corrected chi connectivity index (χ3v) is 5.55. The lowest BCUT2D eigenvalue weighted by Crippen LogP contribution is -2.48. The first kappa shape index (κ1) is 22.1. The van der Waals surface area contributed by atoms with Crippen molar-refractivity contribution in [3.8, 4) is 0 Å². The van der Waals surface area contributed by atoms with E-state index in [1.807, 2.05) is 16.8 Å². The van der Waals surface area contributed by atoms with Crippen LogP contribution in [0.5, 0.6) is 0 Å². The molecule has 1 aromatic carbocycles. The molecule has 0 atom stereocenters. The van der Waals surface area contributed by atoms with Crippen molar-refractivity contribution in [1.29, 1.82) is 0 Å². The zero-order valence-corrected chi connectivity index (χ0v) is 18.3. The predicted octanol–water partition coefficient (Wildman–Crippen LogP) is 0.735. The van der Waals surface area contributed by atoms with Gasteiger partial charge in [-0.15, -0.1) is 5.10 Å². The number of nitrogens with one attached hydrogen (secondary N) is 1. The van der Waals surface area contributed by atoms with Crippen molar-refractivity contribution in [3.05, 3.63) is 39.7 Å². The fourth-order valence-corrected chi connectivity index (χ4v) is 3.85. The summed E-state index contributed by atoms with van der Waals surface area (Å²) >= 11 is 0. The Kier molecular flexibility index (Phi) is 6.33. The SMILES string of the molecule is COCCN(C)Cc1cc(F)c(N2CCN(c3nc4c(nnn4C)c(=O)[nH]3)CC2)c(F)c1. The number of likely N-dealkylation sites (N-methyl/N-ethyl adjacent to an activating group) is 1. The summed E-state index contributed by atoms with van der Waals surface area (Å²) in [6.45, 7) is 3.29. The Morgan fingerprint density at radius 2 is 1.81 bits per heavy atom. The van der Waals surface area contributed by atoms with E-state index in [-0.39, 0.29) is 16.8 Å². The largest absolute Gasteiger partial charge is 0.383 e. The second-order valence-electron chi connectivity index (χ2n) is 7.89. The van der Waals surface area contributed by atoms with Crippen LogP contribution < -0.4 is 15.4 Å². The summed E-state index contributed by atoms with van der Waals surface area (Å²) in [6.07, 6.45) is 0. The Bertz CT molecular complexity index is 1130. The molecular weight excluding hydrogens is 422 g/mol. The Morgan fingerprint density at radius 3 is 2.47 bits per heavy atom. The van der Waals surface area contributed by atoms with E-state index in [9.17, 15) is 13.6 Å². The molecule has 1 saturated heterocycles. The van der Waals surface area contributed by atoms with Gasteiger partial charge in [-0.1, -0.05) is 5.21 Å². The topological polar surface area (TPSA) is 95.4 Å². The van der Waals surface area contributed by atoms with E-state index >= 15 is 0 Å². The summed E-state index contributed by atoms with van der Waals surface area (Å²) in [4.78, 5) is 24.9. The van der Waals surface area contributed by atoms with Gasteiger partial charge in [0.05, 0.1) is 6.61 Å². The van der Waals surface area contributed by atoms with Crippen molar-refractivity contribution in [2.75, 3.05) is 63.3 Å². The molecule has 0 unspecified atom stereocenters. The fraction of sp³-hybridized carbons (Fsp3) is 0.500. The minimum atomic E-state index is -0.581. The lowest BCUT2D eigenvalue weighted by atomic mass is 10.1. The van der Waals surface area contributed by atoms with Crippen molar-refractivity contribution in [2.45, 2.75) is 6.54 Å². The summed E-state index contributed by atoms with van der Waals surface area (Å²) in [5, 5.41) is 7.62. The summed E-state index contributed by atoms with van der Waals surface area (Å²) in [6, 6.07) is 2.77. The van der Waals surface area contributed by atoms with Gasteiger partial charge in [-0.2, -0.15) is 4.98 Å². The number of nitrogens with zero attached hydrogens (tertiary/aromatic N) is 7. The minimum Gasteiger partial charge on any atom is -0.383 e. The zero-order chi connectivity index (χ0) is 22.8. The van der Waals surface area contributed by atoms with E-state index in [2.05, 4.69) is 20.3 Å². The number of H-pyrrole nitrogens is 1. The zero-order valence-electron chi connectivity index (χ0n) is 18.3. The van der Waals surface area contributed by atoms with E-state index in [1.165, 1.54) is 16.8 Å². The van der Waals surface area contributed by atoms with Gasteiger partial charge in [-0.3, -0.25) is 14.7 Å². The number of benzene rings is 1. The van der Waals surface area contributed by atoms with Crippen LogP contribution in [0, 0.1) is 11.6 Å². The molecule has 0 spiro atoms. The molecule has 3 aromatic rings. The molecule has 1 N–H and O–H groups in total. The van der Waals surface area contributed by atoms with Gasteiger partial charge in [0.1, 0.15) is 17.3 Å². The van der Waals surface area contributed by atoms with Crippen molar-refractivity contribution in [2.24, 2.45) is 7.05 Å². The van der Waals surface area contributed by atoms with Gasteiger partial charge in [0, 0.05) is 53.4 Å². The van der Waals surface area contributed by atoms with Gasteiger partial charge in [0.25, 0.3) is 5.56 Å². The highest BCUT2D eigenvalue weighted by atomic mass is 19.1. The van der Waals surface area contributed by atoms with E-state index < -0.39 is 11.6 Å². The van der Waals surface area contributed by atoms with Crippen molar-refractivity contribution < 1.29 is 13.5 Å². The molecule has 0 saturated carbocycles. The number of anilines is 2. The lowest BCUT2D eigenvalue weighted by Gasteiger charge is -2.36. The minimum absolute atomic E-state index is 0.0271. The number of fused-ring (bicyclic) bond motifs is 1. The highest BCUT2D eigenvalue weighted by Gasteiger charge is 2.25. The molecule has 3 heterocycles. The van der Waals surface area contributed by atoms with Gasteiger partial charge < -0.3 is 14.5 Å². The first-order chi connectivity index (χ1) is 15.4. The van der Waals surface area contributed by atoms with Crippen molar-refractivity contribution >= 4 is 22.8 Å². The van der Waals surface area contributed by atoms with Gasteiger partial charge in [0.2, 0.25) is 5.95 Å². The van der Waals surface area contributed by atoms with Gasteiger partial charge in [-0.25, -0.2) is 13.5 Å². The number of aryl methyl sites for hydroxylation is 1. The number of methoxy groups -OCH3 is 1. The highest BCUT2D eigenvalue weighted by Crippen LogP contribution is 2.27. The monoisotopic (exact) mass is 448 g/mol. The molecule has 0 aliphatic carbocycles. The molecule has 12 heteroatoms. The van der Waals surface area contributed by atoms with E-state index in [0.29, 0.717) is 63.0 Å². The number of aromatic amines is 1. The maximum absolute atomic E-state index is 14.8. The van der Waals surface area contributed by atoms with E-state index in [1.54, 1.807) is 19.1 Å². The predicted molar refractivity (Wildman–Crippen MR) is 116 cm³/mol. The number of hydrogen-bond donors (Lipinski definition) is 1. The number of aromatic nitrogens is 5. The van der Waals surface area contributed by atoms with E-state index in [4.69, 9.17) is 4.74 Å². The van der Waals surface area contributed by atoms with E-state index in [0.717, 1.165) is 0 Å². The highest BCUT2D eigenvalue weighted by molar-refractivity contribution is 5.69. The first-order valence-corrected chi connectivity index (χ1v) is 10.3. The van der Waals surface area contributed by atoms with Crippen LogP contribution in [0.15, 0.2) is 16.9 Å². The normalized spacial score (nSPS) is 14.7. The lowest BCUT2D eigenvalue weighted by molar-refractivity contribution is 0.158. The summed E-state index contributed by atoms with van der Waals surface area (Å²) in [7, 11) is 5.15. The molecule has 1 fully saturated rings. The molecule has 1 aliphatic rings. The van der Waals surface area contributed by atoms with Crippen LogP contribution in [-0.4, -0.2) is 83.3 Å². The second kappa shape index (κ2) is 9.17. The Balaban J connectivity index is 1.46. The van der Waals surface area contributed by atoms with Gasteiger partial charge in [0.15, 0.2) is 11.2 Å². The number of ether oxygens (including phenoxy) is 1. The quantitative estimate of drug-likeness (QED) is 0.566. The summed E-state index contributed by atoms with van der Waals surface area (Å²) < 4.78 is 36.1. The molecule has 0 amide bonds. The van der Waals surface area contributed by atoms with Crippen LogP contribution in [0.25, 0.3) is 11.2 Å². The molecule has 0 bridgehead atoms. The third kappa shape index (κ3) is 4.41. The summed E-state index contributed by atoms with van der Waals surface area (Å²) in [5.74, 6) is -0.770. The standard InChI is InChI=1S/C20H26F2N8O2/c1-27(8-9-32-3)12-13-10-14(21)17(15(22)11-13)29-4-6-30(7-5-29)20-23-18-16(19(31)24-20)25-26-28(18)2/h10-11H,4-9,12H2,1-3H3,(H,23,24,31). The Hall–Kier alpha value is -3.12. The van der Waals surface area contributed by atoms with Crippen molar-refractivity contribution in [3.63, 3.8) is 0 Å². The smallest absolute Gasteiger partial charge is 0.282 e. The van der Waals surface area contributed by atoms with Crippen LogP contribution >= 0.6 is 0 Å². The van der Waals surface area contributed by atoms with Crippen LogP contribution in [0.3, 0.4) is 0 Å². The third-order valence-electron chi connectivity index (χ3n) is 5.55. The fourth-order valence-electron chi connectivity index (χ4n) is 3.85. The molecule has 4 rings (SSSR count). The average Bonchev–Trinajstić information content (AvgIpc) is 3.13. The molecule has 0 radical (unpaired) electrons. The van der Waals surface area contributed by atoms with Gasteiger partial charge >= 0.3 is 0 Å². The van der Waals surface area contributed by atoms with Crippen LogP contribution in [0.2, 0.25) is 0 Å². The Labute approximate surface area is 183 Å². The summed E-state index contributed by atoms with van der Waals surface area (Å²) in [5.41, 5.74) is 0.728. The maximum atomic E-state index is 14.8. The average molecular weight is 448 g/mol. The Morgan fingerprint density at radius 1 is 1.16 bits per heavy atom. The molecule has 32 heavy (non-hydrogen) atoms. The molecular formula is C20H26F2N8O2. The van der Waals surface area contributed by atoms with Crippen LogP contribution in [0.4, 0.5) is 20.4 Å². The second-order valence-corrected chi connectivity index (χ2v) is 7.89. The van der Waals surface area contributed by atoms with Crippen molar-refractivity contribution in [1.82, 2.24) is 29.9 Å². The molecule has 172 valence electrons. The van der Waals surface area contributed by atoms with Crippen LogP contribution in [-0.2, 0) is 18.3 Å². The first-order valence-electron chi connectivity index (χ1n) is 10.3. The number of hydrogen-bond acceptors (Lipinski definition) is 8.